The number of hydrogen-bond acceptors (Lipinski definition) is 1. The Kier molecular flexibility index (Phi) is 2.32. The van der Waals surface area contributed by atoms with Crippen molar-refractivity contribution in [3.05, 3.63) is 22.5 Å². The molecule has 0 aromatic carbocycles. The number of fused-ring (bicyclic) bond motifs is 3. The van der Waals surface area contributed by atoms with E-state index >= 15 is 0 Å². The van der Waals surface area contributed by atoms with Gasteiger partial charge in [0.05, 0.1) is 0 Å². The molecule has 2 aliphatic rings. The van der Waals surface area contributed by atoms with E-state index in [0.717, 1.165) is 0 Å². The monoisotopic (exact) mass is 205 g/mol. The molecule has 0 radical (unpaired) electrons. The van der Waals surface area contributed by atoms with E-state index in [-0.39, 0.29) is 6.73 Å². The Labute approximate surface area is 90.9 Å². The van der Waals surface area contributed by atoms with Gasteiger partial charge in [-0.15, -0.1) is 0 Å². The normalized spacial score (nSPS) is 19.8. The number of aliphatic hydroxyl groups is 1. The second-order valence-corrected chi connectivity index (χ2v) is 4.83. The van der Waals surface area contributed by atoms with Crippen LogP contribution in [0.2, 0.25) is 0 Å². The fourth-order valence-electron chi connectivity index (χ4n) is 3.36. The third kappa shape index (κ3) is 1.35. The highest BCUT2D eigenvalue weighted by Crippen LogP contribution is 2.34. The van der Waals surface area contributed by atoms with E-state index in [9.17, 15) is 5.11 Å². The van der Waals surface area contributed by atoms with Crippen molar-refractivity contribution in [2.45, 2.75) is 58.1 Å². The summed E-state index contributed by atoms with van der Waals surface area (Å²) >= 11 is 0. The van der Waals surface area contributed by atoms with Gasteiger partial charge >= 0.3 is 0 Å². The van der Waals surface area contributed by atoms with Gasteiger partial charge in [-0.1, -0.05) is 0 Å². The summed E-state index contributed by atoms with van der Waals surface area (Å²) in [4.78, 5) is 0. The summed E-state index contributed by atoms with van der Waals surface area (Å²) < 4.78 is 2.20. The second-order valence-electron chi connectivity index (χ2n) is 4.83. The molecule has 3 rings (SSSR count). The minimum absolute atomic E-state index is 0.192. The van der Waals surface area contributed by atoms with E-state index in [4.69, 9.17) is 0 Å². The molecule has 0 unspecified atom stereocenters. The van der Waals surface area contributed by atoms with Crippen LogP contribution in [0.25, 0.3) is 0 Å². The molecular weight excluding hydrogens is 186 g/mol. The van der Waals surface area contributed by atoms with Gasteiger partial charge in [-0.3, -0.25) is 0 Å². The maximum absolute atomic E-state index is 9.50. The minimum Gasteiger partial charge on any atom is -0.376 e. The first-order chi connectivity index (χ1) is 7.42. The van der Waals surface area contributed by atoms with Crippen LogP contribution in [0.4, 0.5) is 0 Å². The van der Waals surface area contributed by atoms with Crippen molar-refractivity contribution in [2.75, 3.05) is 0 Å². The molecule has 1 aromatic rings. The van der Waals surface area contributed by atoms with Crippen LogP contribution < -0.4 is 0 Å². The van der Waals surface area contributed by atoms with Crippen LogP contribution in [-0.4, -0.2) is 9.67 Å². The lowest BCUT2D eigenvalue weighted by Gasteiger charge is -2.14. The molecule has 0 saturated carbocycles. The average Bonchev–Trinajstić information content (AvgIpc) is 2.63. The van der Waals surface area contributed by atoms with Crippen molar-refractivity contribution < 1.29 is 5.11 Å². The highest BCUT2D eigenvalue weighted by Gasteiger charge is 2.25. The highest BCUT2D eigenvalue weighted by atomic mass is 16.3. The number of rotatable bonds is 1. The maximum atomic E-state index is 9.50. The van der Waals surface area contributed by atoms with Crippen molar-refractivity contribution in [2.24, 2.45) is 0 Å². The van der Waals surface area contributed by atoms with Crippen LogP contribution in [0.1, 0.15) is 48.2 Å². The van der Waals surface area contributed by atoms with Crippen molar-refractivity contribution >= 4 is 0 Å². The molecule has 15 heavy (non-hydrogen) atoms. The number of nitrogens with zero attached hydrogens (tertiary/aromatic N) is 1. The van der Waals surface area contributed by atoms with Crippen LogP contribution >= 0.6 is 0 Å². The Balaban J connectivity index is 2.16. The first kappa shape index (κ1) is 9.46. The Hall–Kier alpha value is -0.760. The summed E-state index contributed by atoms with van der Waals surface area (Å²) in [6.07, 6.45) is 10.2. The van der Waals surface area contributed by atoms with Crippen molar-refractivity contribution in [3.8, 4) is 0 Å². The first-order valence-corrected chi connectivity index (χ1v) is 6.24. The van der Waals surface area contributed by atoms with E-state index in [0.29, 0.717) is 0 Å². The largest absolute Gasteiger partial charge is 0.376 e. The molecule has 0 saturated heterocycles. The Morgan fingerprint density at radius 1 is 0.800 bits per heavy atom. The predicted molar refractivity (Wildman–Crippen MR) is 59.9 cm³/mol. The zero-order chi connectivity index (χ0) is 10.3. The van der Waals surface area contributed by atoms with E-state index in [1.807, 2.05) is 0 Å². The standard InChI is InChI=1S/C13H19NO/c15-9-14-12-7-3-1-5-10(12)11-6-2-4-8-13(11)14/h15H,1-9H2. The van der Waals surface area contributed by atoms with Gasteiger partial charge in [0.15, 0.2) is 0 Å². The molecule has 2 heteroatoms. The summed E-state index contributed by atoms with van der Waals surface area (Å²) in [6, 6.07) is 0. The fourth-order valence-corrected chi connectivity index (χ4v) is 3.36. The summed E-state index contributed by atoms with van der Waals surface area (Å²) in [5, 5.41) is 9.50. The molecular formula is C13H19NO. The van der Waals surface area contributed by atoms with Gasteiger partial charge in [-0.25, -0.2) is 0 Å². The minimum atomic E-state index is 0.192. The Morgan fingerprint density at radius 2 is 1.27 bits per heavy atom. The Morgan fingerprint density at radius 3 is 1.73 bits per heavy atom. The van der Waals surface area contributed by atoms with Crippen LogP contribution in [0.3, 0.4) is 0 Å². The zero-order valence-electron chi connectivity index (χ0n) is 9.26. The van der Waals surface area contributed by atoms with Gasteiger partial charge in [0.25, 0.3) is 0 Å². The molecule has 0 fully saturated rings. The smallest absolute Gasteiger partial charge is 0.119 e. The molecule has 1 N–H and O–H groups in total. The fraction of sp³-hybridized carbons (Fsp3) is 0.692. The second kappa shape index (κ2) is 3.67. The van der Waals surface area contributed by atoms with Gasteiger partial charge in [0.2, 0.25) is 0 Å². The molecule has 82 valence electrons. The van der Waals surface area contributed by atoms with Gasteiger partial charge < -0.3 is 9.67 Å². The van der Waals surface area contributed by atoms with Crippen molar-refractivity contribution in [1.29, 1.82) is 0 Å². The van der Waals surface area contributed by atoms with Crippen molar-refractivity contribution in [1.82, 2.24) is 4.57 Å². The first-order valence-electron chi connectivity index (χ1n) is 6.24. The summed E-state index contributed by atoms with van der Waals surface area (Å²) in [7, 11) is 0. The van der Waals surface area contributed by atoms with Crippen LogP contribution in [0, 0.1) is 0 Å². The van der Waals surface area contributed by atoms with Gasteiger partial charge in [-0.05, 0) is 62.5 Å². The summed E-state index contributed by atoms with van der Waals surface area (Å²) in [6.45, 7) is 0.192. The molecule has 0 aliphatic heterocycles. The molecule has 0 amide bonds. The average molecular weight is 205 g/mol. The summed E-state index contributed by atoms with van der Waals surface area (Å²) in [5.41, 5.74) is 6.11. The molecule has 1 heterocycles. The van der Waals surface area contributed by atoms with E-state index in [2.05, 4.69) is 4.57 Å². The van der Waals surface area contributed by atoms with Crippen LogP contribution in [0.15, 0.2) is 0 Å². The topological polar surface area (TPSA) is 25.2 Å². The molecule has 0 atom stereocenters. The quantitative estimate of drug-likeness (QED) is 0.747. The lowest BCUT2D eigenvalue weighted by molar-refractivity contribution is 0.202. The van der Waals surface area contributed by atoms with Crippen LogP contribution in [-0.2, 0) is 32.4 Å². The van der Waals surface area contributed by atoms with Crippen molar-refractivity contribution in [3.63, 3.8) is 0 Å². The molecule has 1 aromatic heterocycles. The van der Waals surface area contributed by atoms with Gasteiger partial charge in [0.1, 0.15) is 6.73 Å². The number of aliphatic hydroxyl groups excluding tert-OH is 1. The Bertz CT molecular complexity index is 293. The summed E-state index contributed by atoms with van der Waals surface area (Å²) in [5.74, 6) is 0. The number of aromatic nitrogens is 1. The number of hydrogen-bond donors (Lipinski definition) is 1. The lowest BCUT2D eigenvalue weighted by Crippen LogP contribution is -2.10. The maximum Gasteiger partial charge on any atom is 0.119 e. The van der Waals surface area contributed by atoms with Gasteiger partial charge in [-0.2, -0.15) is 0 Å². The molecule has 2 aliphatic carbocycles. The van der Waals surface area contributed by atoms with E-state index in [1.54, 1.807) is 11.1 Å². The van der Waals surface area contributed by atoms with Gasteiger partial charge in [0, 0.05) is 11.4 Å². The van der Waals surface area contributed by atoms with E-state index < -0.39 is 0 Å². The lowest BCUT2D eigenvalue weighted by atomic mass is 9.89. The predicted octanol–water partition coefficient (Wildman–Crippen LogP) is 2.20. The third-order valence-electron chi connectivity index (χ3n) is 4.03. The third-order valence-corrected chi connectivity index (χ3v) is 4.03. The van der Waals surface area contributed by atoms with E-state index in [1.165, 1.54) is 62.8 Å². The molecule has 2 nitrogen and oxygen atoms in total. The zero-order valence-corrected chi connectivity index (χ0v) is 9.26. The molecule has 0 bridgehead atoms. The highest BCUT2D eigenvalue weighted by molar-refractivity contribution is 5.41. The SMILES string of the molecule is OCn1c2c(c3c1CCCC3)CCCC2. The molecule has 0 spiro atoms. The van der Waals surface area contributed by atoms with Crippen LogP contribution in [0.5, 0.6) is 0 Å².